The van der Waals surface area contributed by atoms with Crippen LogP contribution in [0.5, 0.6) is 0 Å². The molecular weight excluding hydrogens is 344 g/mol. The molecule has 2 aliphatic rings. The van der Waals surface area contributed by atoms with E-state index in [0.717, 1.165) is 6.04 Å². The highest BCUT2D eigenvalue weighted by Gasteiger charge is 2.38. The molecule has 118 valence electrons. The predicted octanol–water partition coefficient (Wildman–Crippen LogP) is 4.44. The number of nitrogens with zero attached hydrogens (tertiary/aromatic N) is 1. The predicted molar refractivity (Wildman–Crippen MR) is 95.2 cm³/mol. The highest BCUT2D eigenvalue weighted by Crippen LogP contribution is 2.32. The maximum Gasteiger partial charge on any atom is 0.0701 e. The molecule has 0 radical (unpaired) electrons. The van der Waals surface area contributed by atoms with Crippen molar-refractivity contribution < 1.29 is 0 Å². The van der Waals surface area contributed by atoms with Crippen molar-refractivity contribution in [1.82, 2.24) is 10.2 Å². The van der Waals surface area contributed by atoms with Crippen LogP contribution in [0, 0.1) is 0 Å². The van der Waals surface area contributed by atoms with Crippen molar-refractivity contribution in [1.29, 1.82) is 0 Å². The SMILES string of the molecule is CCC1CNC2(CCCCC2)CN1CCc1ccc(Br)s1. The summed E-state index contributed by atoms with van der Waals surface area (Å²) in [6.45, 7) is 6.00. The van der Waals surface area contributed by atoms with Crippen LogP contribution in [-0.4, -0.2) is 36.1 Å². The van der Waals surface area contributed by atoms with Crippen LogP contribution in [0.2, 0.25) is 0 Å². The number of halogens is 1. The molecule has 1 aliphatic heterocycles. The Morgan fingerprint density at radius 3 is 2.81 bits per heavy atom. The zero-order valence-corrected chi connectivity index (χ0v) is 15.4. The van der Waals surface area contributed by atoms with Gasteiger partial charge in [0.05, 0.1) is 3.79 Å². The fraction of sp³-hybridized carbons (Fsp3) is 0.765. The molecule has 1 atom stereocenters. The normalized spacial score (nSPS) is 26.3. The number of piperazine rings is 1. The van der Waals surface area contributed by atoms with Gasteiger partial charge >= 0.3 is 0 Å². The Kier molecular flexibility index (Phi) is 5.41. The van der Waals surface area contributed by atoms with Gasteiger partial charge in [-0.1, -0.05) is 26.2 Å². The molecule has 1 saturated carbocycles. The van der Waals surface area contributed by atoms with Crippen molar-refractivity contribution in [3.05, 3.63) is 20.8 Å². The molecule has 0 amide bonds. The zero-order valence-electron chi connectivity index (χ0n) is 13.0. The Morgan fingerprint density at radius 1 is 1.33 bits per heavy atom. The number of nitrogens with one attached hydrogen (secondary N) is 1. The van der Waals surface area contributed by atoms with Gasteiger partial charge in [-0.25, -0.2) is 0 Å². The number of rotatable bonds is 4. The summed E-state index contributed by atoms with van der Waals surface area (Å²) in [5, 5.41) is 3.92. The van der Waals surface area contributed by atoms with Crippen LogP contribution < -0.4 is 5.32 Å². The van der Waals surface area contributed by atoms with E-state index in [0.29, 0.717) is 5.54 Å². The first-order valence-electron chi connectivity index (χ1n) is 8.44. The molecule has 21 heavy (non-hydrogen) atoms. The second-order valence-electron chi connectivity index (χ2n) is 6.71. The van der Waals surface area contributed by atoms with Gasteiger partial charge in [-0.3, -0.25) is 4.90 Å². The zero-order chi connectivity index (χ0) is 14.7. The third-order valence-electron chi connectivity index (χ3n) is 5.29. The van der Waals surface area contributed by atoms with Gasteiger partial charge in [-0.05, 0) is 53.7 Å². The van der Waals surface area contributed by atoms with E-state index in [1.54, 1.807) is 0 Å². The Bertz CT molecular complexity index is 453. The van der Waals surface area contributed by atoms with Crippen molar-refractivity contribution in [2.75, 3.05) is 19.6 Å². The van der Waals surface area contributed by atoms with Crippen LogP contribution in [0.4, 0.5) is 0 Å². The van der Waals surface area contributed by atoms with Gasteiger partial charge in [-0.2, -0.15) is 0 Å². The van der Waals surface area contributed by atoms with E-state index in [-0.39, 0.29) is 0 Å². The minimum atomic E-state index is 0.431. The minimum Gasteiger partial charge on any atom is -0.308 e. The maximum atomic E-state index is 3.92. The Labute approximate surface area is 141 Å². The van der Waals surface area contributed by atoms with E-state index in [4.69, 9.17) is 0 Å². The lowest BCUT2D eigenvalue weighted by atomic mass is 9.79. The van der Waals surface area contributed by atoms with Gasteiger partial charge < -0.3 is 5.32 Å². The van der Waals surface area contributed by atoms with E-state index in [9.17, 15) is 0 Å². The third kappa shape index (κ3) is 3.90. The van der Waals surface area contributed by atoms with Crippen LogP contribution in [0.25, 0.3) is 0 Å². The second-order valence-corrected chi connectivity index (χ2v) is 9.26. The molecule has 1 spiro atoms. The van der Waals surface area contributed by atoms with E-state index >= 15 is 0 Å². The highest BCUT2D eigenvalue weighted by atomic mass is 79.9. The summed E-state index contributed by atoms with van der Waals surface area (Å²) < 4.78 is 1.26. The first kappa shape index (κ1) is 16.0. The van der Waals surface area contributed by atoms with Crippen LogP contribution in [0.3, 0.4) is 0 Å². The highest BCUT2D eigenvalue weighted by molar-refractivity contribution is 9.11. The van der Waals surface area contributed by atoms with Gasteiger partial charge in [0.2, 0.25) is 0 Å². The van der Waals surface area contributed by atoms with Gasteiger partial charge in [0.1, 0.15) is 0 Å². The molecule has 1 aromatic rings. The average molecular weight is 371 g/mol. The molecule has 3 rings (SSSR count). The minimum absolute atomic E-state index is 0.431. The summed E-state index contributed by atoms with van der Waals surface area (Å²) in [5.41, 5.74) is 0.431. The summed E-state index contributed by atoms with van der Waals surface area (Å²) in [4.78, 5) is 4.28. The molecule has 2 fully saturated rings. The van der Waals surface area contributed by atoms with E-state index in [1.807, 2.05) is 11.3 Å². The van der Waals surface area contributed by atoms with E-state index in [2.05, 4.69) is 45.2 Å². The Hall–Kier alpha value is 0.1000. The van der Waals surface area contributed by atoms with Gasteiger partial charge in [0, 0.05) is 36.1 Å². The first-order valence-corrected chi connectivity index (χ1v) is 10.0. The molecule has 2 nitrogen and oxygen atoms in total. The molecule has 0 bridgehead atoms. The van der Waals surface area contributed by atoms with Crippen molar-refractivity contribution in [2.45, 2.75) is 63.5 Å². The average Bonchev–Trinajstić information content (AvgIpc) is 2.92. The molecule has 1 aliphatic carbocycles. The number of thiophene rings is 1. The third-order valence-corrected chi connectivity index (χ3v) is 6.97. The standard InChI is InChI=1S/C17H27BrN2S/c1-2-14-12-19-17(9-4-3-5-10-17)13-20(14)11-8-15-6-7-16(18)21-15/h6-7,14,19H,2-5,8-13H2,1H3. The maximum absolute atomic E-state index is 3.92. The van der Waals surface area contributed by atoms with Gasteiger partial charge in [-0.15, -0.1) is 11.3 Å². The summed E-state index contributed by atoms with van der Waals surface area (Å²) in [6.07, 6.45) is 9.48. The largest absolute Gasteiger partial charge is 0.308 e. The molecule has 0 aromatic carbocycles. The monoisotopic (exact) mass is 370 g/mol. The lowest BCUT2D eigenvalue weighted by molar-refractivity contribution is 0.0550. The summed E-state index contributed by atoms with van der Waals surface area (Å²) in [6, 6.07) is 5.17. The van der Waals surface area contributed by atoms with Crippen molar-refractivity contribution >= 4 is 27.3 Å². The topological polar surface area (TPSA) is 15.3 Å². The molecule has 1 saturated heterocycles. The van der Waals surface area contributed by atoms with Crippen LogP contribution in [0.15, 0.2) is 15.9 Å². The molecule has 4 heteroatoms. The van der Waals surface area contributed by atoms with Gasteiger partial charge in [0.15, 0.2) is 0 Å². The quantitative estimate of drug-likeness (QED) is 0.842. The lowest BCUT2D eigenvalue weighted by Gasteiger charge is -2.49. The molecule has 1 unspecified atom stereocenters. The molecule has 2 heterocycles. The number of hydrogen-bond acceptors (Lipinski definition) is 3. The van der Waals surface area contributed by atoms with Crippen LogP contribution in [0.1, 0.15) is 50.3 Å². The van der Waals surface area contributed by atoms with E-state index in [1.165, 1.54) is 73.2 Å². The molecular formula is C17H27BrN2S. The molecule has 1 N–H and O–H groups in total. The Morgan fingerprint density at radius 2 is 2.14 bits per heavy atom. The van der Waals surface area contributed by atoms with Crippen LogP contribution in [-0.2, 0) is 6.42 Å². The Balaban J connectivity index is 1.62. The smallest absolute Gasteiger partial charge is 0.0701 e. The summed E-state index contributed by atoms with van der Waals surface area (Å²) in [5.74, 6) is 0. The number of hydrogen-bond donors (Lipinski definition) is 1. The summed E-state index contributed by atoms with van der Waals surface area (Å²) >= 11 is 5.46. The van der Waals surface area contributed by atoms with Gasteiger partial charge in [0.25, 0.3) is 0 Å². The summed E-state index contributed by atoms with van der Waals surface area (Å²) in [7, 11) is 0. The lowest BCUT2D eigenvalue weighted by Crippen LogP contribution is -2.64. The van der Waals surface area contributed by atoms with E-state index < -0.39 is 0 Å². The second kappa shape index (κ2) is 7.12. The molecule has 1 aromatic heterocycles. The fourth-order valence-corrected chi connectivity index (χ4v) is 5.48. The van der Waals surface area contributed by atoms with Crippen molar-refractivity contribution in [3.63, 3.8) is 0 Å². The van der Waals surface area contributed by atoms with Crippen molar-refractivity contribution in [3.8, 4) is 0 Å². The van der Waals surface area contributed by atoms with Crippen LogP contribution >= 0.6 is 27.3 Å². The fourth-order valence-electron chi connectivity index (χ4n) is 4.00. The first-order chi connectivity index (χ1) is 10.2. The van der Waals surface area contributed by atoms with Crippen molar-refractivity contribution in [2.24, 2.45) is 0 Å².